The van der Waals surface area contributed by atoms with Crippen LogP contribution in [0.4, 0.5) is 0 Å². The minimum absolute atomic E-state index is 0.0459. The minimum Gasteiger partial charge on any atom is -0.469 e. The Morgan fingerprint density at radius 3 is 2.40 bits per heavy atom. The second-order valence-corrected chi connectivity index (χ2v) is 4.07. The summed E-state index contributed by atoms with van der Waals surface area (Å²) >= 11 is 0. The third-order valence-electron chi connectivity index (χ3n) is 2.21. The maximum atomic E-state index is 11.7. The summed E-state index contributed by atoms with van der Waals surface area (Å²) in [5.74, 6) is -0.161. The fraction of sp³-hybridized carbons (Fsp3) is 0.667. The zero-order valence-electron chi connectivity index (χ0n) is 9.79. The third kappa shape index (κ3) is 6.05. The van der Waals surface area contributed by atoms with E-state index in [-0.39, 0.29) is 18.1 Å². The van der Waals surface area contributed by atoms with Crippen molar-refractivity contribution in [1.82, 2.24) is 0 Å². The molecule has 0 radical (unpaired) electrons. The first-order chi connectivity index (χ1) is 7.01. The molecule has 0 aliphatic carbocycles. The highest BCUT2D eigenvalue weighted by molar-refractivity contribution is 5.96. The lowest BCUT2D eigenvalue weighted by Crippen LogP contribution is -2.20. The average molecular weight is 212 g/mol. The number of allylic oxidation sites excluding steroid dienone is 1. The Kier molecular flexibility index (Phi) is 6.67. The van der Waals surface area contributed by atoms with Gasteiger partial charge in [-0.25, -0.2) is 0 Å². The SMILES string of the molecule is C=CCC(CC(C)C)C(=O)CC(=O)OC. The molecule has 86 valence electrons. The number of carbonyl (C=O) groups is 2. The number of ether oxygens (including phenoxy) is 1. The van der Waals surface area contributed by atoms with Crippen LogP contribution in [-0.4, -0.2) is 18.9 Å². The molecule has 1 unspecified atom stereocenters. The number of Topliss-reactive ketones (excluding diaryl/α,β-unsaturated/α-hetero) is 1. The molecule has 0 aromatic carbocycles. The van der Waals surface area contributed by atoms with Gasteiger partial charge in [-0.3, -0.25) is 9.59 Å². The summed E-state index contributed by atoms with van der Waals surface area (Å²) in [6.45, 7) is 7.74. The Morgan fingerprint density at radius 1 is 1.40 bits per heavy atom. The number of esters is 1. The van der Waals surface area contributed by atoms with Gasteiger partial charge in [-0.1, -0.05) is 19.9 Å². The van der Waals surface area contributed by atoms with Crippen LogP contribution >= 0.6 is 0 Å². The topological polar surface area (TPSA) is 43.4 Å². The van der Waals surface area contributed by atoms with Crippen LogP contribution in [0, 0.1) is 11.8 Å². The molecule has 15 heavy (non-hydrogen) atoms. The number of hydrogen-bond donors (Lipinski definition) is 0. The number of ketones is 1. The molecule has 0 fully saturated rings. The molecule has 0 amide bonds. The van der Waals surface area contributed by atoms with Crippen LogP contribution in [-0.2, 0) is 14.3 Å². The van der Waals surface area contributed by atoms with E-state index in [0.29, 0.717) is 12.3 Å². The van der Waals surface area contributed by atoms with Gasteiger partial charge in [-0.05, 0) is 18.8 Å². The van der Waals surface area contributed by atoms with E-state index >= 15 is 0 Å². The summed E-state index contributed by atoms with van der Waals surface area (Å²) in [7, 11) is 1.29. The molecule has 0 aromatic heterocycles. The van der Waals surface area contributed by atoms with Gasteiger partial charge in [0.15, 0.2) is 0 Å². The van der Waals surface area contributed by atoms with Crippen LogP contribution in [0.1, 0.15) is 33.1 Å². The fourth-order valence-electron chi connectivity index (χ4n) is 1.49. The van der Waals surface area contributed by atoms with Gasteiger partial charge in [0.1, 0.15) is 12.2 Å². The number of methoxy groups -OCH3 is 1. The Morgan fingerprint density at radius 2 is 2.00 bits per heavy atom. The monoisotopic (exact) mass is 212 g/mol. The van der Waals surface area contributed by atoms with Crippen LogP contribution in [0.5, 0.6) is 0 Å². The molecule has 3 heteroatoms. The molecule has 3 nitrogen and oxygen atoms in total. The zero-order valence-corrected chi connectivity index (χ0v) is 9.79. The lowest BCUT2D eigenvalue weighted by molar-refractivity contribution is -0.144. The molecule has 0 heterocycles. The van der Waals surface area contributed by atoms with Gasteiger partial charge in [0.05, 0.1) is 7.11 Å². The van der Waals surface area contributed by atoms with E-state index in [4.69, 9.17) is 0 Å². The summed E-state index contributed by atoms with van der Waals surface area (Å²) in [4.78, 5) is 22.6. The van der Waals surface area contributed by atoms with Gasteiger partial charge >= 0.3 is 5.97 Å². The summed E-state index contributed by atoms with van der Waals surface area (Å²) in [5.41, 5.74) is 0. The molecular weight excluding hydrogens is 192 g/mol. The second-order valence-electron chi connectivity index (χ2n) is 4.07. The smallest absolute Gasteiger partial charge is 0.313 e. The van der Waals surface area contributed by atoms with E-state index in [9.17, 15) is 9.59 Å². The van der Waals surface area contributed by atoms with Gasteiger partial charge in [0.25, 0.3) is 0 Å². The average Bonchev–Trinajstić information content (AvgIpc) is 2.16. The summed E-state index contributed by atoms with van der Waals surface area (Å²) in [6.07, 6.45) is 3.03. The Labute approximate surface area is 91.5 Å². The lowest BCUT2D eigenvalue weighted by atomic mass is 9.89. The van der Waals surface area contributed by atoms with Crippen LogP contribution in [0.15, 0.2) is 12.7 Å². The number of carbonyl (C=O) groups excluding carboxylic acids is 2. The van der Waals surface area contributed by atoms with E-state index in [1.54, 1.807) is 6.08 Å². The van der Waals surface area contributed by atoms with Crippen LogP contribution in [0.2, 0.25) is 0 Å². The van der Waals surface area contributed by atoms with Crippen molar-refractivity contribution >= 4 is 11.8 Å². The first-order valence-corrected chi connectivity index (χ1v) is 5.21. The predicted octanol–water partition coefficient (Wildman–Crippen LogP) is 2.36. The van der Waals surface area contributed by atoms with Crippen molar-refractivity contribution in [2.45, 2.75) is 33.1 Å². The largest absolute Gasteiger partial charge is 0.469 e. The maximum Gasteiger partial charge on any atom is 0.313 e. The molecule has 0 rings (SSSR count). The van der Waals surface area contributed by atoms with E-state index < -0.39 is 5.97 Å². The van der Waals surface area contributed by atoms with E-state index in [2.05, 4.69) is 25.2 Å². The highest BCUT2D eigenvalue weighted by atomic mass is 16.5. The van der Waals surface area contributed by atoms with Gasteiger partial charge in [0.2, 0.25) is 0 Å². The van der Waals surface area contributed by atoms with Crippen molar-refractivity contribution in [3.63, 3.8) is 0 Å². The first kappa shape index (κ1) is 13.9. The molecule has 0 saturated carbocycles. The van der Waals surface area contributed by atoms with Gasteiger partial charge in [0, 0.05) is 5.92 Å². The zero-order chi connectivity index (χ0) is 11.8. The van der Waals surface area contributed by atoms with E-state index in [1.165, 1.54) is 7.11 Å². The van der Waals surface area contributed by atoms with Crippen molar-refractivity contribution in [3.8, 4) is 0 Å². The molecule has 1 atom stereocenters. The van der Waals surface area contributed by atoms with Crippen molar-refractivity contribution in [1.29, 1.82) is 0 Å². The highest BCUT2D eigenvalue weighted by Crippen LogP contribution is 2.18. The first-order valence-electron chi connectivity index (χ1n) is 5.21. The maximum absolute atomic E-state index is 11.7. The quantitative estimate of drug-likeness (QED) is 0.369. The lowest BCUT2D eigenvalue weighted by Gasteiger charge is -2.15. The Hall–Kier alpha value is -1.12. The van der Waals surface area contributed by atoms with Crippen molar-refractivity contribution in [2.24, 2.45) is 11.8 Å². The predicted molar refractivity (Wildman–Crippen MR) is 59.4 cm³/mol. The Balaban J connectivity index is 4.27. The van der Waals surface area contributed by atoms with Crippen molar-refractivity contribution < 1.29 is 14.3 Å². The third-order valence-corrected chi connectivity index (χ3v) is 2.21. The van der Waals surface area contributed by atoms with Crippen LogP contribution in [0.3, 0.4) is 0 Å². The molecule has 0 bridgehead atoms. The van der Waals surface area contributed by atoms with E-state index in [0.717, 1.165) is 6.42 Å². The van der Waals surface area contributed by atoms with Crippen molar-refractivity contribution in [2.75, 3.05) is 7.11 Å². The van der Waals surface area contributed by atoms with Crippen LogP contribution in [0.25, 0.3) is 0 Å². The second kappa shape index (κ2) is 7.21. The minimum atomic E-state index is -0.460. The van der Waals surface area contributed by atoms with E-state index in [1.807, 2.05) is 0 Å². The van der Waals surface area contributed by atoms with Crippen LogP contribution < -0.4 is 0 Å². The fourth-order valence-corrected chi connectivity index (χ4v) is 1.49. The van der Waals surface area contributed by atoms with Crippen molar-refractivity contribution in [3.05, 3.63) is 12.7 Å². The summed E-state index contributed by atoms with van der Waals surface area (Å²) in [6, 6.07) is 0. The Bertz CT molecular complexity index is 231. The van der Waals surface area contributed by atoms with Gasteiger partial charge in [-0.2, -0.15) is 0 Å². The molecule has 0 N–H and O–H groups in total. The molecule has 0 aromatic rings. The molecule has 0 saturated heterocycles. The molecular formula is C12H20O3. The molecule has 0 spiro atoms. The summed E-state index contributed by atoms with van der Waals surface area (Å²) in [5, 5.41) is 0. The standard InChI is InChI=1S/C12H20O3/c1-5-6-10(7-9(2)3)11(13)8-12(14)15-4/h5,9-10H,1,6-8H2,2-4H3. The normalized spacial score (nSPS) is 12.3. The number of hydrogen-bond acceptors (Lipinski definition) is 3. The summed E-state index contributed by atoms with van der Waals surface area (Å²) < 4.78 is 4.47. The number of rotatable bonds is 7. The molecule has 0 aliphatic heterocycles. The highest BCUT2D eigenvalue weighted by Gasteiger charge is 2.21. The molecule has 0 aliphatic rings. The van der Waals surface area contributed by atoms with Gasteiger partial charge < -0.3 is 4.74 Å². The van der Waals surface area contributed by atoms with Gasteiger partial charge in [-0.15, -0.1) is 6.58 Å².